The maximum absolute atomic E-state index is 12.9. The minimum atomic E-state index is -3.61. The normalized spacial score (nSPS) is 15.6. The van der Waals surface area contributed by atoms with Crippen LogP contribution in [0.2, 0.25) is 0 Å². The number of carbonyl (C=O) groups excluding carboxylic acids is 2. The highest BCUT2D eigenvalue weighted by Gasteiger charge is 2.25. The first kappa shape index (κ1) is 21.3. The van der Waals surface area contributed by atoms with Crippen molar-refractivity contribution in [1.29, 1.82) is 0 Å². The van der Waals surface area contributed by atoms with Gasteiger partial charge in [-0.25, -0.2) is 13.1 Å². The molecular weight excluding hydrogens is 368 g/mol. The van der Waals surface area contributed by atoms with Crippen molar-refractivity contribution in [3.63, 3.8) is 0 Å². The van der Waals surface area contributed by atoms with Gasteiger partial charge in [-0.15, -0.1) is 0 Å². The van der Waals surface area contributed by atoms with E-state index in [9.17, 15) is 18.0 Å². The van der Waals surface area contributed by atoms with E-state index in [0.29, 0.717) is 44.8 Å². The number of aryl methyl sites for hydroxylation is 1. The fraction of sp³-hybridized carbons (Fsp3) is 0.556. The molecule has 1 aromatic rings. The van der Waals surface area contributed by atoms with Crippen molar-refractivity contribution in [2.24, 2.45) is 0 Å². The molecule has 1 aliphatic rings. The molecule has 9 heteroatoms. The lowest BCUT2D eigenvalue weighted by Gasteiger charge is -2.34. The number of rotatable bonds is 7. The third-order valence-electron chi connectivity index (χ3n) is 4.62. The third kappa shape index (κ3) is 5.50. The standard InChI is InChI=1S/C18H28N4O4S/c1-4-7-20-17(23)13-21-8-10-22(11-9-21)18(24)16-12-15(6-5-14(16)2)27(25,26)19-3/h5-6,12,19H,4,7-11,13H2,1-3H3,(H,20,23). The second-order valence-electron chi connectivity index (χ2n) is 6.60. The SMILES string of the molecule is CCCNC(=O)CN1CCN(C(=O)c2cc(S(=O)(=O)NC)ccc2C)CC1. The van der Waals surface area contributed by atoms with Gasteiger partial charge in [0, 0.05) is 38.3 Å². The number of nitrogens with zero attached hydrogens (tertiary/aromatic N) is 2. The molecule has 2 N–H and O–H groups in total. The van der Waals surface area contributed by atoms with Crippen LogP contribution in [-0.2, 0) is 14.8 Å². The zero-order chi connectivity index (χ0) is 20.0. The minimum Gasteiger partial charge on any atom is -0.355 e. The van der Waals surface area contributed by atoms with Gasteiger partial charge in [0.05, 0.1) is 11.4 Å². The molecule has 0 atom stereocenters. The van der Waals surface area contributed by atoms with Crippen LogP contribution < -0.4 is 10.0 Å². The smallest absolute Gasteiger partial charge is 0.254 e. The lowest BCUT2D eigenvalue weighted by molar-refractivity contribution is -0.122. The Balaban J connectivity index is 2.02. The molecule has 0 saturated carbocycles. The van der Waals surface area contributed by atoms with Gasteiger partial charge in [0.15, 0.2) is 0 Å². The van der Waals surface area contributed by atoms with E-state index in [1.54, 1.807) is 17.9 Å². The molecule has 0 radical (unpaired) electrons. The lowest BCUT2D eigenvalue weighted by Crippen LogP contribution is -2.51. The molecule has 1 saturated heterocycles. The average molecular weight is 397 g/mol. The van der Waals surface area contributed by atoms with E-state index in [1.807, 2.05) is 11.8 Å². The van der Waals surface area contributed by atoms with Crippen LogP contribution >= 0.6 is 0 Å². The molecule has 2 amide bonds. The average Bonchev–Trinajstić information content (AvgIpc) is 2.66. The number of piperazine rings is 1. The molecule has 1 heterocycles. The summed E-state index contributed by atoms with van der Waals surface area (Å²) in [4.78, 5) is 28.5. The first-order chi connectivity index (χ1) is 12.8. The van der Waals surface area contributed by atoms with E-state index in [0.717, 1.165) is 12.0 Å². The van der Waals surface area contributed by atoms with Gasteiger partial charge >= 0.3 is 0 Å². The number of nitrogens with one attached hydrogen (secondary N) is 2. The number of benzene rings is 1. The molecule has 1 aliphatic heterocycles. The molecule has 150 valence electrons. The topological polar surface area (TPSA) is 98.8 Å². The van der Waals surface area contributed by atoms with Crippen LogP contribution in [0.5, 0.6) is 0 Å². The summed E-state index contributed by atoms with van der Waals surface area (Å²) in [6.45, 7) is 7.02. The van der Waals surface area contributed by atoms with Gasteiger partial charge in [-0.05, 0) is 38.1 Å². The molecule has 8 nitrogen and oxygen atoms in total. The maximum Gasteiger partial charge on any atom is 0.254 e. The molecule has 0 spiro atoms. The molecule has 1 fully saturated rings. The number of hydrogen-bond acceptors (Lipinski definition) is 5. The Morgan fingerprint density at radius 2 is 1.81 bits per heavy atom. The summed E-state index contributed by atoms with van der Waals surface area (Å²) in [6, 6.07) is 4.56. The van der Waals surface area contributed by atoms with Crippen LogP contribution in [0.4, 0.5) is 0 Å². The minimum absolute atomic E-state index is 0.00237. The highest BCUT2D eigenvalue weighted by atomic mass is 32.2. The Morgan fingerprint density at radius 1 is 1.15 bits per heavy atom. The van der Waals surface area contributed by atoms with Crippen molar-refractivity contribution in [1.82, 2.24) is 19.8 Å². The summed E-state index contributed by atoms with van der Waals surface area (Å²) >= 11 is 0. The maximum atomic E-state index is 12.9. The van der Waals surface area contributed by atoms with Gasteiger partial charge < -0.3 is 10.2 Å². The monoisotopic (exact) mass is 396 g/mol. The highest BCUT2D eigenvalue weighted by Crippen LogP contribution is 2.18. The molecule has 1 aromatic carbocycles. The molecular formula is C18H28N4O4S. The van der Waals surface area contributed by atoms with Gasteiger partial charge in [0.1, 0.15) is 0 Å². The third-order valence-corrected chi connectivity index (χ3v) is 6.03. The summed E-state index contributed by atoms with van der Waals surface area (Å²) in [5.41, 5.74) is 1.12. The van der Waals surface area contributed by atoms with E-state index in [1.165, 1.54) is 19.2 Å². The van der Waals surface area contributed by atoms with Crippen LogP contribution in [-0.4, -0.2) is 76.3 Å². The first-order valence-corrected chi connectivity index (χ1v) is 10.6. The van der Waals surface area contributed by atoms with Gasteiger partial charge in [-0.1, -0.05) is 13.0 Å². The second-order valence-corrected chi connectivity index (χ2v) is 8.49. The van der Waals surface area contributed by atoms with Gasteiger partial charge in [0.2, 0.25) is 15.9 Å². The van der Waals surface area contributed by atoms with Gasteiger partial charge in [-0.3, -0.25) is 14.5 Å². The van der Waals surface area contributed by atoms with Crippen LogP contribution in [0.25, 0.3) is 0 Å². The first-order valence-electron chi connectivity index (χ1n) is 9.11. The molecule has 0 unspecified atom stereocenters. The molecule has 27 heavy (non-hydrogen) atoms. The molecule has 0 bridgehead atoms. The Labute approximate surface area is 161 Å². The summed E-state index contributed by atoms with van der Waals surface area (Å²) in [5, 5.41) is 2.85. The highest BCUT2D eigenvalue weighted by molar-refractivity contribution is 7.89. The molecule has 2 rings (SSSR count). The van der Waals surface area contributed by atoms with E-state index in [4.69, 9.17) is 0 Å². The molecule has 0 aromatic heterocycles. The Morgan fingerprint density at radius 3 is 2.41 bits per heavy atom. The van der Waals surface area contributed by atoms with Crippen LogP contribution in [0.1, 0.15) is 29.3 Å². The number of hydrogen-bond donors (Lipinski definition) is 2. The van der Waals surface area contributed by atoms with Crippen molar-refractivity contribution in [3.8, 4) is 0 Å². The van der Waals surface area contributed by atoms with Crippen molar-refractivity contribution in [3.05, 3.63) is 29.3 Å². The summed E-state index contributed by atoms with van der Waals surface area (Å²) in [6.07, 6.45) is 0.899. The van der Waals surface area contributed by atoms with Crippen molar-refractivity contribution < 1.29 is 18.0 Å². The largest absolute Gasteiger partial charge is 0.355 e. The zero-order valence-corrected chi connectivity index (χ0v) is 16.9. The number of amides is 2. The molecule has 0 aliphatic carbocycles. The van der Waals surface area contributed by atoms with Crippen LogP contribution in [0, 0.1) is 6.92 Å². The van der Waals surface area contributed by atoms with Crippen molar-refractivity contribution in [2.75, 3.05) is 46.3 Å². The Hall–Kier alpha value is -1.97. The summed E-state index contributed by atoms with van der Waals surface area (Å²) in [7, 11) is -2.27. The Kier molecular flexibility index (Phi) is 7.34. The van der Waals surface area contributed by atoms with Gasteiger partial charge in [0.25, 0.3) is 5.91 Å². The summed E-state index contributed by atoms with van der Waals surface area (Å²) < 4.78 is 26.3. The van der Waals surface area contributed by atoms with Crippen LogP contribution in [0.3, 0.4) is 0 Å². The van der Waals surface area contributed by atoms with E-state index >= 15 is 0 Å². The number of carbonyl (C=O) groups is 2. The van der Waals surface area contributed by atoms with Crippen molar-refractivity contribution in [2.45, 2.75) is 25.2 Å². The fourth-order valence-corrected chi connectivity index (χ4v) is 3.68. The zero-order valence-electron chi connectivity index (χ0n) is 16.1. The Bertz CT molecular complexity index is 787. The van der Waals surface area contributed by atoms with Gasteiger partial charge in [-0.2, -0.15) is 0 Å². The fourth-order valence-electron chi connectivity index (χ4n) is 2.92. The van der Waals surface area contributed by atoms with E-state index in [2.05, 4.69) is 10.0 Å². The van der Waals surface area contributed by atoms with Crippen LogP contribution in [0.15, 0.2) is 23.1 Å². The summed E-state index contributed by atoms with van der Waals surface area (Å²) in [5.74, 6) is -0.187. The number of sulfonamides is 1. The van der Waals surface area contributed by atoms with E-state index < -0.39 is 10.0 Å². The predicted molar refractivity (Wildman–Crippen MR) is 103 cm³/mol. The predicted octanol–water partition coefficient (Wildman–Crippen LogP) is 0.187. The second kappa shape index (κ2) is 9.29. The van der Waals surface area contributed by atoms with E-state index in [-0.39, 0.29) is 16.7 Å². The van der Waals surface area contributed by atoms with Crippen molar-refractivity contribution >= 4 is 21.8 Å². The lowest BCUT2D eigenvalue weighted by atomic mass is 10.1. The quantitative estimate of drug-likeness (QED) is 0.685.